The summed E-state index contributed by atoms with van der Waals surface area (Å²) in [5.74, 6) is -0.212. The first-order valence-electron chi connectivity index (χ1n) is 6.86. The molecule has 0 spiro atoms. The molecule has 2 unspecified atom stereocenters. The van der Waals surface area contributed by atoms with Gasteiger partial charge in [0.25, 0.3) is 0 Å². The van der Waals surface area contributed by atoms with E-state index in [9.17, 15) is 4.39 Å². The Kier molecular flexibility index (Phi) is 5.75. The number of hydrogen-bond acceptors (Lipinski definition) is 2. The Labute approximate surface area is 132 Å². The average molecular weight is 356 g/mol. The Bertz CT molecular complexity index is 541. The fourth-order valence-corrected chi connectivity index (χ4v) is 3.85. The number of thiophene rings is 1. The highest BCUT2D eigenvalue weighted by Crippen LogP contribution is 2.29. The maximum Gasteiger partial charge on any atom is 0.124 e. The van der Waals surface area contributed by atoms with E-state index in [2.05, 4.69) is 52.6 Å². The van der Waals surface area contributed by atoms with E-state index in [1.807, 2.05) is 6.07 Å². The molecular weight excluding hydrogens is 337 g/mol. The average Bonchev–Trinajstić information content (AvgIpc) is 2.91. The van der Waals surface area contributed by atoms with Gasteiger partial charge in [0.1, 0.15) is 5.82 Å². The summed E-state index contributed by atoms with van der Waals surface area (Å²) in [6.07, 6.45) is 2.23. The zero-order chi connectivity index (χ0) is 14.5. The standard InChI is InChI=1S/C16H19BrFNS/c1-3-5-15(16-6-4-9-20-16)19-11(2)13-8-7-12(18)10-14(13)17/h4,6-11,15,19H,3,5H2,1-2H3. The third-order valence-corrected chi connectivity index (χ3v) is 5.02. The topological polar surface area (TPSA) is 12.0 Å². The molecule has 0 radical (unpaired) electrons. The first kappa shape index (κ1) is 15.7. The van der Waals surface area contributed by atoms with Crippen LogP contribution >= 0.6 is 27.3 Å². The van der Waals surface area contributed by atoms with E-state index in [0.29, 0.717) is 6.04 Å². The highest BCUT2D eigenvalue weighted by Gasteiger charge is 2.17. The van der Waals surface area contributed by atoms with Crippen molar-refractivity contribution in [2.45, 2.75) is 38.8 Å². The van der Waals surface area contributed by atoms with E-state index in [4.69, 9.17) is 0 Å². The minimum atomic E-state index is -0.212. The highest BCUT2D eigenvalue weighted by molar-refractivity contribution is 9.10. The Morgan fingerprint density at radius 1 is 1.35 bits per heavy atom. The van der Waals surface area contributed by atoms with Gasteiger partial charge in [-0.05, 0) is 42.5 Å². The largest absolute Gasteiger partial charge is 0.303 e. The SMILES string of the molecule is CCCC(NC(C)c1ccc(F)cc1Br)c1cccs1. The van der Waals surface area contributed by atoms with Gasteiger partial charge in [-0.3, -0.25) is 0 Å². The molecule has 20 heavy (non-hydrogen) atoms. The third-order valence-electron chi connectivity index (χ3n) is 3.34. The van der Waals surface area contributed by atoms with Gasteiger partial charge in [0.2, 0.25) is 0 Å². The van der Waals surface area contributed by atoms with E-state index in [-0.39, 0.29) is 11.9 Å². The number of rotatable bonds is 6. The predicted molar refractivity (Wildman–Crippen MR) is 87.6 cm³/mol. The van der Waals surface area contributed by atoms with Gasteiger partial charge < -0.3 is 5.32 Å². The highest BCUT2D eigenvalue weighted by atomic mass is 79.9. The Hall–Kier alpha value is -0.710. The molecule has 1 aromatic heterocycles. The fourth-order valence-electron chi connectivity index (χ4n) is 2.33. The van der Waals surface area contributed by atoms with Crippen LogP contribution in [0.15, 0.2) is 40.2 Å². The van der Waals surface area contributed by atoms with Crippen molar-refractivity contribution in [3.05, 3.63) is 56.4 Å². The van der Waals surface area contributed by atoms with E-state index < -0.39 is 0 Å². The monoisotopic (exact) mass is 355 g/mol. The van der Waals surface area contributed by atoms with Crippen molar-refractivity contribution in [2.75, 3.05) is 0 Å². The van der Waals surface area contributed by atoms with Crippen molar-refractivity contribution < 1.29 is 4.39 Å². The van der Waals surface area contributed by atoms with Gasteiger partial charge in [-0.15, -0.1) is 11.3 Å². The second kappa shape index (κ2) is 7.34. The van der Waals surface area contributed by atoms with E-state index >= 15 is 0 Å². The van der Waals surface area contributed by atoms with Crippen LogP contribution in [0.1, 0.15) is 49.2 Å². The van der Waals surface area contributed by atoms with Crippen molar-refractivity contribution in [3.63, 3.8) is 0 Å². The lowest BCUT2D eigenvalue weighted by Gasteiger charge is -2.23. The lowest BCUT2D eigenvalue weighted by Crippen LogP contribution is -2.24. The molecule has 0 amide bonds. The molecule has 1 aromatic carbocycles. The van der Waals surface area contributed by atoms with Crippen LogP contribution in [0.4, 0.5) is 4.39 Å². The predicted octanol–water partition coefficient (Wildman–Crippen LogP) is 5.84. The first-order chi connectivity index (χ1) is 9.61. The lowest BCUT2D eigenvalue weighted by molar-refractivity contribution is 0.443. The van der Waals surface area contributed by atoms with Crippen LogP contribution < -0.4 is 5.32 Å². The molecule has 108 valence electrons. The van der Waals surface area contributed by atoms with Crippen molar-refractivity contribution in [1.29, 1.82) is 0 Å². The molecule has 0 aliphatic rings. The van der Waals surface area contributed by atoms with Crippen LogP contribution in [0.3, 0.4) is 0 Å². The van der Waals surface area contributed by atoms with Gasteiger partial charge in [0.05, 0.1) is 0 Å². The minimum Gasteiger partial charge on any atom is -0.303 e. The van der Waals surface area contributed by atoms with E-state index in [1.54, 1.807) is 11.3 Å². The first-order valence-corrected chi connectivity index (χ1v) is 8.53. The summed E-state index contributed by atoms with van der Waals surface area (Å²) in [4.78, 5) is 1.36. The fraction of sp³-hybridized carbons (Fsp3) is 0.375. The summed E-state index contributed by atoms with van der Waals surface area (Å²) in [5.41, 5.74) is 1.09. The molecule has 2 aromatic rings. The molecule has 1 nitrogen and oxygen atoms in total. The van der Waals surface area contributed by atoms with E-state index in [0.717, 1.165) is 22.9 Å². The molecule has 0 aliphatic carbocycles. The second-order valence-electron chi connectivity index (χ2n) is 4.91. The third kappa shape index (κ3) is 3.90. The normalized spacial score (nSPS) is 14.2. The minimum absolute atomic E-state index is 0.170. The Morgan fingerprint density at radius 2 is 2.15 bits per heavy atom. The smallest absolute Gasteiger partial charge is 0.124 e. The van der Waals surface area contributed by atoms with Crippen molar-refractivity contribution >= 4 is 27.3 Å². The summed E-state index contributed by atoms with van der Waals surface area (Å²) >= 11 is 5.23. The second-order valence-corrected chi connectivity index (χ2v) is 6.74. The van der Waals surface area contributed by atoms with Gasteiger partial charge in [-0.2, -0.15) is 0 Å². The van der Waals surface area contributed by atoms with Crippen LogP contribution in [-0.4, -0.2) is 0 Å². The Balaban J connectivity index is 2.13. The molecular formula is C16H19BrFNS. The van der Waals surface area contributed by atoms with Crippen molar-refractivity contribution in [3.8, 4) is 0 Å². The van der Waals surface area contributed by atoms with Crippen LogP contribution in [0, 0.1) is 5.82 Å². The quantitative estimate of drug-likeness (QED) is 0.685. The zero-order valence-corrected chi connectivity index (χ0v) is 14.1. The number of hydrogen-bond donors (Lipinski definition) is 1. The molecule has 4 heteroatoms. The Morgan fingerprint density at radius 3 is 2.75 bits per heavy atom. The molecule has 0 bridgehead atoms. The molecule has 1 N–H and O–H groups in total. The van der Waals surface area contributed by atoms with Crippen LogP contribution in [0.25, 0.3) is 0 Å². The summed E-state index contributed by atoms with van der Waals surface area (Å²) in [6, 6.07) is 9.66. The van der Waals surface area contributed by atoms with Crippen LogP contribution in [0.2, 0.25) is 0 Å². The number of halogens is 2. The van der Waals surface area contributed by atoms with Crippen molar-refractivity contribution in [2.24, 2.45) is 0 Å². The van der Waals surface area contributed by atoms with Gasteiger partial charge >= 0.3 is 0 Å². The van der Waals surface area contributed by atoms with Gasteiger partial charge in [0, 0.05) is 21.4 Å². The number of benzene rings is 1. The maximum absolute atomic E-state index is 13.2. The summed E-state index contributed by atoms with van der Waals surface area (Å²) in [5, 5.41) is 5.76. The molecule has 0 saturated heterocycles. The molecule has 1 heterocycles. The molecule has 0 aliphatic heterocycles. The van der Waals surface area contributed by atoms with Crippen LogP contribution in [0.5, 0.6) is 0 Å². The summed E-state index contributed by atoms with van der Waals surface area (Å²) in [6.45, 7) is 4.31. The van der Waals surface area contributed by atoms with Gasteiger partial charge in [0.15, 0.2) is 0 Å². The zero-order valence-electron chi connectivity index (χ0n) is 11.7. The van der Waals surface area contributed by atoms with Gasteiger partial charge in [-0.1, -0.05) is 41.4 Å². The molecule has 0 fully saturated rings. The summed E-state index contributed by atoms with van der Waals surface area (Å²) < 4.78 is 14.0. The van der Waals surface area contributed by atoms with Crippen molar-refractivity contribution in [1.82, 2.24) is 5.32 Å². The number of nitrogens with one attached hydrogen (secondary N) is 1. The summed E-state index contributed by atoms with van der Waals surface area (Å²) in [7, 11) is 0. The molecule has 0 saturated carbocycles. The van der Waals surface area contributed by atoms with Crippen LogP contribution in [-0.2, 0) is 0 Å². The molecule has 2 atom stereocenters. The molecule has 2 rings (SSSR count). The van der Waals surface area contributed by atoms with E-state index in [1.165, 1.54) is 17.0 Å². The van der Waals surface area contributed by atoms with Gasteiger partial charge in [-0.25, -0.2) is 4.39 Å². The lowest BCUT2D eigenvalue weighted by atomic mass is 10.0. The maximum atomic E-state index is 13.2.